The quantitative estimate of drug-likeness (QED) is 0.718. The first-order chi connectivity index (χ1) is 10.1. The largest absolute Gasteiger partial charge is 0.491 e. The van der Waals surface area contributed by atoms with Crippen LogP contribution in [0.15, 0.2) is 24.3 Å². The van der Waals surface area contributed by atoms with E-state index in [0.717, 1.165) is 37.1 Å². The third-order valence-corrected chi connectivity index (χ3v) is 4.09. The second-order valence-electron chi connectivity index (χ2n) is 6.05. The van der Waals surface area contributed by atoms with E-state index in [1.54, 1.807) is 0 Å². The summed E-state index contributed by atoms with van der Waals surface area (Å²) < 4.78 is 5.57. The maximum atomic E-state index is 9.93. The zero-order chi connectivity index (χ0) is 15.1. The summed E-state index contributed by atoms with van der Waals surface area (Å²) in [7, 11) is 0. The number of benzene rings is 1. The van der Waals surface area contributed by atoms with Crippen LogP contribution in [0.5, 0.6) is 5.75 Å². The van der Waals surface area contributed by atoms with Crippen molar-refractivity contribution in [2.75, 3.05) is 19.7 Å². The molecule has 118 valence electrons. The van der Waals surface area contributed by atoms with Crippen molar-refractivity contribution in [3.63, 3.8) is 0 Å². The van der Waals surface area contributed by atoms with Crippen LogP contribution in [-0.2, 0) is 0 Å². The summed E-state index contributed by atoms with van der Waals surface area (Å²) in [5, 5.41) is 23.1. The van der Waals surface area contributed by atoms with Gasteiger partial charge in [0.05, 0.1) is 6.10 Å². The van der Waals surface area contributed by atoms with Crippen LogP contribution in [0.25, 0.3) is 0 Å². The van der Waals surface area contributed by atoms with Crippen LogP contribution in [0, 0.1) is 12.8 Å². The Morgan fingerprint density at radius 1 is 1.33 bits per heavy atom. The second-order valence-corrected chi connectivity index (χ2v) is 6.05. The molecule has 21 heavy (non-hydrogen) atoms. The van der Waals surface area contributed by atoms with Crippen molar-refractivity contribution in [2.45, 2.75) is 44.8 Å². The molecule has 0 saturated heterocycles. The molecule has 3 N–H and O–H groups in total. The van der Waals surface area contributed by atoms with Gasteiger partial charge in [-0.05, 0) is 43.4 Å². The standard InChI is InChI=1S/C17H27NO3/c1-13-5-4-7-16(9-13)21-12-15(19)11-18-10-14-6-2-3-8-17(14)20/h4-5,7,9,14-15,17-20H,2-3,6,8,10-12H2,1H3. The van der Waals surface area contributed by atoms with Gasteiger partial charge < -0.3 is 20.3 Å². The van der Waals surface area contributed by atoms with Crippen molar-refractivity contribution >= 4 is 0 Å². The maximum absolute atomic E-state index is 9.93. The molecule has 0 heterocycles. The molecular formula is C17H27NO3. The molecule has 1 aliphatic carbocycles. The van der Waals surface area contributed by atoms with E-state index in [-0.39, 0.29) is 12.7 Å². The average Bonchev–Trinajstić information content (AvgIpc) is 2.47. The van der Waals surface area contributed by atoms with Gasteiger partial charge in [0.25, 0.3) is 0 Å². The predicted octanol–water partition coefficient (Wildman–Crippen LogP) is 1.88. The molecule has 0 radical (unpaired) electrons. The molecule has 2 rings (SSSR count). The molecule has 0 aliphatic heterocycles. The van der Waals surface area contributed by atoms with Gasteiger partial charge in [0.15, 0.2) is 0 Å². The molecule has 1 aromatic rings. The molecule has 0 spiro atoms. The van der Waals surface area contributed by atoms with Gasteiger partial charge in [0, 0.05) is 13.1 Å². The Kier molecular flexibility index (Phi) is 6.49. The summed E-state index contributed by atoms with van der Waals surface area (Å²) in [5.74, 6) is 1.11. The van der Waals surface area contributed by atoms with E-state index in [4.69, 9.17) is 4.74 Å². The number of aryl methyl sites for hydroxylation is 1. The molecule has 3 atom stereocenters. The first-order valence-electron chi connectivity index (χ1n) is 7.91. The fourth-order valence-corrected chi connectivity index (χ4v) is 2.82. The van der Waals surface area contributed by atoms with Crippen molar-refractivity contribution in [1.29, 1.82) is 0 Å². The van der Waals surface area contributed by atoms with Crippen LogP contribution in [0.4, 0.5) is 0 Å². The lowest BCUT2D eigenvalue weighted by Crippen LogP contribution is -2.38. The highest BCUT2D eigenvalue weighted by Gasteiger charge is 2.22. The van der Waals surface area contributed by atoms with E-state index in [0.29, 0.717) is 12.5 Å². The third kappa shape index (κ3) is 5.65. The molecule has 0 amide bonds. The van der Waals surface area contributed by atoms with E-state index in [2.05, 4.69) is 5.32 Å². The van der Waals surface area contributed by atoms with Crippen molar-refractivity contribution in [3.8, 4) is 5.75 Å². The molecule has 1 aliphatic rings. The lowest BCUT2D eigenvalue weighted by atomic mass is 9.86. The van der Waals surface area contributed by atoms with Crippen LogP contribution < -0.4 is 10.1 Å². The molecule has 1 saturated carbocycles. The average molecular weight is 293 g/mol. The number of hydrogen-bond acceptors (Lipinski definition) is 4. The van der Waals surface area contributed by atoms with Crippen LogP contribution >= 0.6 is 0 Å². The zero-order valence-electron chi connectivity index (χ0n) is 12.8. The number of aliphatic hydroxyl groups is 2. The number of ether oxygens (including phenoxy) is 1. The number of nitrogens with one attached hydrogen (secondary N) is 1. The minimum Gasteiger partial charge on any atom is -0.491 e. The van der Waals surface area contributed by atoms with Gasteiger partial charge in [-0.15, -0.1) is 0 Å². The highest BCUT2D eigenvalue weighted by Crippen LogP contribution is 2.23. The zero-order valence-corrected chi connectivity index (χ0v) is 12.8. The normalized spacial score (nSPS) is 23.8. The van der Waals surface area contributed by atoms with E-state index < -0.39 is 6.10 Å². The van der Waals surface area contributed by atoms with Crippen molar-refractivity contribution in [3.05, 3.63) is 29.8 Å². The summed E-state index contributed by atoms with van der Waals surface area (Å²) in [4.78, 5) is 0. The number of rotatable bonds is 7. The summed E-state index contributed by atoms with van der Waals surface area (Å²) in [6.07, 6.45) is 3.58. The molecule has 4 heteroatoms. The van der Waals surface area contributed by atoms with Crippen LogP contribution in [0.1, 0.15) is 31.2 Å². The van der Waals surface area contributed by atoms with Crippen molar-refractivity contribution < 1.29 is 14.9 Å². The minimum atomic E-state index is -0.536. The van der Waals surface area contributed by atoms with Gasteiger partial charge in [0.2, 0.25) is 0 Å². The molecular weight excluding hydrogens is 266 g/mol. The van der Waals surface area contributed by atoms with Gasteiger partial charge in [0.1, 0.15) is 18.5 Å². The molecule has 0 bridgehead atoms. The van der Waals surface area contributed by atoms with Gasteiger partial charge in [-0.25, -0.2) is 0 Å². The van der Waals surface area contributed by atoms with E-state index in [1.165, 1.54) is 6.42 Å². The first-order valence-corrected chi connectivity index (χ1v) is 7.91. The van der Waals surface area contributed by atoms with Crippen LogP contribution in [0.3, 0.4) is 0 Å². The van der Waals surface area contributed by atoms with Crippen molar-refractivity contribution in [2.24, 2.45) is 5.92 Å². The molecule has 0 aromatic heterocycles. The number of aliphatic hydroxyl groups excluding tert-OH is 2. The lowest BCUT2D eigenvalue weighted by Gasteiger charge is -2.28. The number of hydrogen-bond donors (Lipinski definition) is 3. The van der Waals surface area contributed by atoms with Gasteiger partial charge in [-0.1, -0.05) is 25.0 Å². The Bertz CT molecular complexity index is 424. The van der Waals surface area contributed by atoms with Crippen molar-refractivity contribution in [1.82, 2.24) is 5.32 Å². The molecule has 3 unspecified atom stereocenters. The fourth-order valence-electron chi connectivity index (χ4n) is 2.82. The van der Waals surface area contributed by atoms with E-state index in [9.17, 15) is 10.2 Å². The summed E-state index contributed by atoms with van der Waals surface area (Å²) >= 11 is 0. The SMILES string of the molecule is Cc1cccc(OCC(O)CNCC2CCCCC2O)c1. The first kappa shape index (κ1) is 16.3. The monoisotopic (exact) mass is 293 g/mol. The smallest absolute Gasteiger partial charge is 0.119 e. The Morgan fingerprint density at radius 3 is 2.90 bits per heavy atom. The highest BCUT2D eigenvalue weighted by atomic mass is 16.5. The topological polar surface area (TPSA) is 61.7 Å². The van der Waals surface area contributed by atoms with Crippen LogP contribution in [-0.4, -0.2) is 42.1 Å². The van der Waals surface area contributed by atoms with E-state index in [1.807, 2.05) is 31.2 Å². The van der Waals surface area contributed by atoms with E-state index >= 15 is 0 Å². The van der Waals surface area contributed by atoms with Gasteiger partial charge in [-0.2, -0.15) is 0 Å². The highest BCUT2D eigenvalue weighted by molar-refractivity contribution is 5.27. The molecule has 1 aromatic carbocycles. The fraction of sp³-hybridized carbons (Fsp3) is 0.647. The Balaban J connectivity index is 1.62. The minimum absolute atomic E-state index is 0.188. The molecule has 4 nitrogen and oxygen atoms in total. The lowest BCUT2D eigenvalue weighted by molar-refractivity contribution is 0.0635. The van der Waals surface area contributed by atoms with Crippen LogP contribution in [0.2, 0.25) is 0 Å². The summed E-state index contributed by atoms with van der Waals surface area (Å²) in [6, 6.07) is 7.81. The van der Waals surface area contributed by atoms with Gasteiger partial charge in [-0.3, -0.25) is 0 Å². The Labute approximate surface area is 127 Å². The Morgan fingerprint density at radius 2 is 2.14 bits per heavy atom. The third-order valence-electron chi connectivity index (χ3n) is 4.09. The predicted molar refractivity (Wildman–Crippen MR) is 83.5 cm³/mol. The second kappa shape index (κ2) is 8.37. The molecule has 1 fully saturated rings. The summed E-state index contributed by atoms with van der Waals surface area (Å²) in [5.41, 5.74) is 1.14. The van der Waals surface area contributed by atoms with Gasteiger partial charge >= 0.3 is 0 Å². The maximum Gasteiger partial charge on any atom is 0.119 e. The summed E-state index contributed by atoms with van der Waals surface area (Å²) in [6.45, 7) is 3.56. The Hall–Kier alpha value is -1.10.